The molecule has 9 heteroatoms. The molecule has 0 unspecified atom stereocenters. The summed E-state index contributed by atoms with van der Waals surface area (Å²) < 4.78 is 3.89. The van der Waals surface area contributed by atoms with Crippen LogP contribution >= 0.6 is 12.2 Å². The Morgan fingerprint density at radius 3 is 2.48 bits per heavy atom. The summed E-state index contributed by atoms with van der Waals surface area (Å²) in [6, 6.07) is 14.8. The van der Waals surface area contributed by atoms with Crippen LogP contribution in [0.15, 0.2) is 67.4 Å². The number of aromatic nitrogens is 5. The van der Waals surface area contributed by atoms with Gasteiger partial charge in [-0.1, -0.05) is 18.2 Å². The predicted molar refractivity (Wildman–Crippen MR) is 121 cm³/mol. The average molecular weight is 432 g/mol. The van der Waals surface area contributed by atoms with Crippen molar-refractivity contribution in [1.29, 1.82) is 0 Å². The van der Waals surface area contributed by atoms with Crippen LogP contribution in [0.4, 0.5) is 5.69 Å². The lowest BCUT2D eigenvalue weighted by atomic mass is 9.96. The van der Waals surface area contributed by atoms with Gasteiger partial charge in [0.2, 0.25) is 0 Å². The highest BCUT2D eigenvalue weighted by Gasteiger charge is 2.43. The molecule has 1 saturated heterocycles. The second-order valence-corrected chi connectivity index (χ2v) is 7.85. The standard InChI is InChI=1S/C22H21N7OS/c1-14-11-16(15(2)29(14)27-12-24-25-13-27)21-20(17-7-5-6-10-23-17)26-22(31)28(21)18-8-3-4-9-19(18)30/h3-13,20-21,30H,1-2H3,(H,26,31)/t20-,21+/m1/s1. The van der Waals surface area contributed by atoms with Crippen molar-refractivity contribution in [3.63, 3.8) is 0 Å². The quantitative estimate of drug-likeness (QED) is 0.480. The molecule has 4 heterocycles. The zero-order chi connectivity index (χ0) is 21.5. The molecule has 0 aliphatic carbocycles. The van der Waals surface area contributed by atoms with Gasteiger partial charge in [-0.05, 0) is 56.4 Å². The van der Waals surface area contributed by atoms with E-state index in [2.05, 4.69) is 38.2 Å². The number of para-hydroxylation sites is 2. The largest absolute Gasteiger partial charge is 0.506 e. The number of nitrogens with zero attached hydrogens (tertiary/aromatic N) is 6. The monoisotopic (exact) mass is 431 g/mol. The van der Waals surface area contributed by atoms with Gasteiger partial charge in [0.05, 0.1) is 23.5 Å². The molecule has 1 aliphatic rings. The summed E-state index contributed by atoms with van der Waals surface area (Å²) in [6.07, 6.45) is 5.11. The number of rotatable bonds is 4. The highest BCUT2D eigenvalue weighted by Crippen LogP contribution is 2.45. The maximum Gasteiger partial charge on any atom is 0.174 e. The van der Waals surface area contributed by atoms with Crippen LogP contribution in [0.5, 0.6) is 5.75 Å². The summed E-state index contributed by atoms with van der Waals surface area (Å²) >= 11 is 5.74. The van der Waals surface area contributed by atoms with Gasteiger partial charge in [0.25, 0.3) is 0 Å². The normalized spacial score (nSPS) is 18.4. The fourth-order valence-electron chi connectivity index (χ4n) is 4.33. The first kappa shape index (κ1) is 19.3. The van der Waals surface area contributed by atoms with Crippen molar-refractivity contribution < 1.29 is 5.11 Å². The van der Waals surface area contributed by atoms with Crippen molar-refractivity contribution in [2.75, 3.05) is 4.90 Å². The molecule has 5 rings (SSSR count). The lowest BCUT2D eigenvalue weighted by Crippen LogP contribution is -2.29. The number of aryl methyl sites for hydroxylation is 1. The number of thiocarbonyl (C=S) groups is 1. The molecule has 2 N–H and O–H groups in total. The maximum atomic E-state index is 10.6. The Kier molecular flexibility index (Phi) is 4.67. The molecule has 4 aromatic rings. The lowest BCUT2D eigenvalue weighted by Gasteiger charge is -2.28. The average Bonchev–Trinajstić information content (AvgIpc) is 3.47. The van der Waals surface area contributed by atoms with Crippen LogP contribution in [-0.2, 0) is 0 Å². The summed E-state index contributed by atoms with van der Waals surface area (Å²) in [5, 5.41) is 22.5. The number of hydrogen-bond acceptors (Lipinski definition) is 5. The third-order valence-corrected chi connectivity index (χ3v) is 5.94. The molecule has 0 amide bonds. The topological polar surface area (TPSA) is 84.0 Å². The molecule has 8 nitrogen and oxygen atoms in total. The van der Waals surface area contributed by atoms with Crippen LogP contribution in [0.25, 0.3) is 0 Å². The van der Waals surface area contributed by atoms with Crippen LogP contribution in [0.3, 0.4) is 0 Å². The molecule has 156 valence electrons. The summed E-state index contributed by atoms with van der Waals surface area (Å²) in [4.78, 5) is 6.56. The van der Waals surface area contributed by atoms with Crippen LogP contribution < -0.4 is 10.2 Å². The molecule has 1 aliphatic heterocycles. The smallest absolute Gasteiger partial charge is 0.174 e. The number of pyridine rings is 1. The highest BCUT2D eigenvalue weighted by atomic mass is 32.1. The van der Waals surface area contributed by atoms with E-state index >= 15 is 0 Å². The fourth-order valence-corrected chi connectivity index (χ4v) is 4.67. The minimum atomic E-state index is -0.216. The number of anilines is 1. The Hall–Kier alpha value is -3.72. The van der Waals surface area contributed by atoms with Gasteiger partial charge in [-0.3, -0.25) is 9.66 Å². The van der Waals surface area contributed by atoms with Crippen LogP contribution in [0.2, 0.25) is 0 Å². The predicted octanol–water partition coefficient (Wildman–Crippen LogP) is 3.29. The van der Waals surface area contributed by atoms with Crippen LogP contribution in [-0.4, -0.2) is 34.8 Å². The molecule has 3 aromatic heterocycles. The second-order valence-electron chi connectivity index (χ2n) is 7.47. The maximum absolute atomic E-state index is 10.6. The van der Waals surface area contributed by atoms with Crippen molar-refractivity contribution in [1.82, 2.24) is 29.9 Å². The first-order valence-corrected chi connectivity index (χ1v) is 10.3. The molecule has 0 bridgehead atoms. The third-order valence-electron chi connectivity index (χ3n) is 5.63. The van der Waals surface area contributed by atoms with Crippen LogP contribution in [0, 0.1) is 13.8 Å². The Labute approximate surface area is 184 Å². The third kappa shape index (κ3) is 3.14. The van der Waals surface area contributed by atoms with Gasteiger partial charge >= 0.3 is 0 Å². The molecule has 0 radical (unpaired) electrons. The Bertz CT molecular complexity index is 1240. The Morgan fingerprint density at radius 1 is 1.03 bits per heavy atom. The van der Waals surface area contributed by atoms with Crippen molar-refractivity contribution in [2.45, 2.75) is 25.9 Å². The Balaban J connectivity index is 1.70. The van der Waals surface area contributed by atoms with E-state index in [0.29, 0.717) is 10.8 Å². The van der Waals surface area contributed by atoms with E-state index in [-0.39, 0.29) is 17.8 Å². The molecule has 1 fully saturated rings. The van der Waals surface area contributed by atoms with Gasteiger partial charge in [0.15, 0.2) is 5.11 Å². The first-order valence-electron chi connectivity index (χ1n) is 9.89. The van der Waals surface area contributed by atoms with Crippen molar-refractivity contribution in [2.24, 2.45) is 0 Å². The molecule has 1 aromatic carbocycles. The van der Waals surface area contributed by atoms with Crippen molar-refractivity contribution in [3.05, 3.63) is 90.0 Å². The number of benzene rings is 1. The second kappa shape index (κ2) is 7.51. The number of aromatic hydroxyl groups is 1. The summed E-state index contributed by atoms with van der Waals surface area (Å²) in [5.74, 6) is 0.172. The van der Waals surface area contributed by atoms with Gasteiger partial charge in [0, 0.05) is 23.1 Å². The minimum absolute atomic E-state index is 0.172. The van der Waals surface area contributed by atoms with E-state index in [9.17, 15) is 5.11 Å². The number of nitrogens with one attached hydrogen (secondary N) is 1. The molecule has 0 spiro atoms. The molecule has 0 saturated carbocycles. The van der Waals surface area contributed by atoms with Crippen molar-refractivity contribution >= 4 is 23.0 Å². The molecule has 2 atom stereocenters. The van der Waals surface area contributed by atoms with E-state index in [1.165, 1.54) is 0 Å². The number of phenols is 1. The van der Waals surface area contributed by atoms with Gasteiger partial charge < -0.3 is 15.3 Å². The van der Waals surface area contributed by atoms with E-state index in [0.717, 1.165) is 22.6 Å². The number of phenolic OH excluding ortho intramolecular Hbond substituents is 1. The van der Waals surface area contributed by atoms with Crippen LogP contribution in [0.1, 0.15) is 34.7 Å². The fraction of sp³-hybridized carbons (Fsp3) is 0.182. The Morgan fingerprint density at radius 2 is 1.77 bits per heavy atom. The molecular formula is C22H21N7OS. The van der Waals surface area contributed by atoms with Crippen molar-refractivity contribution in [3.8, 4) is 5.75 Å². The first-order chi connectivity index (χ1) is 15.1. The molecule has 31 heavy (non-hydrogen) atoms. The minimum Gasteiger partial charge on any atom is -0.506 e. The number of hydrogen-bond donors (Lipinski definition) is 2. The summed E-state index contributed by atoms with van der Waals surface area (Å²) in [7, 11) is 0. The summed E-state index contributed by atoms with van der Waals surface area (Å²) in [6.45, 7) is 4.10. The van der Waals surface area contributed by atoms with E-state index in [1.807, 2.05) is 46.8 Å². The highest BCUT2D eigenvalue weighted by molar-refractivity contribution is 7.80. The molecular weight excluding hydrogens is 410 g/mol. The van der Waals surface area contributed by atoms with Gasteiger partial charge in [0.1, 0.15) is 18.4 Å². The van der Waals surface area contributed by atoms with E-state index in [1.54, 1.807) is 31.0 Å². The van der Waals surface area contributed by atoms with E-state index in [4.69, 9.17) is 12.2 Å². The SMILES string of the molecule is Cc1cc([C@H]2[C@@H](c3ccccn3)NC(=S)N2c2ccccc2O)c(C)n1-n1cnnc1. The van der Waals surface area contributed by atoms with Gasteiger partial charge in [-0.15, -0.1) is 10.2 Å². The summed E-state index contributed by atoms with van der Waals surface area (Å²) in [5.41, 5.74) is 4.65. The zero-order valence-corrected chi connectivity index (χ0v) is 17.9. The van der Waals surface area contributed by atoms with Gasteiger partial charge in [-0.25, -0.2) is 4.68 Å². The van der Waals surface area contributed by atoms with Gasteiger partial charge in [-0.2, -0.15) is 0 Å². The lowest BCUT2D eigenvalue weighted by molar-refractivity contribution is 0.472. The van der Waals surface area contributed by atoms with E-state index < -0.39 is 0 Å². The zero-order valence-electron chi connectivity index (χ0n) is 17.0.